The molecule has 2 aliphatic rings. The first kappa shape index (κ1) is 32.7. The Kier molecular flexibility index (Phi) is 9.91. The Balaban J connectivity index is 1.10. The normalized spacial score (nSPS) is 16.0. The first-order valence-corrected chi connectivity index (χ1v) is 17.3. The lowest BCUT2D eigenvalue weighted by molar-refractivity contribution is -0.117. The average molecular weight is 683 g/mol. The maximum atomic E-state index is 12.2. The van der Waals surface area contributed by atoms with E-state index in [-0.39, 0.29) is 4.90 Å². The zero-order chi connectivity index (χ0) is 33.0. The summed E-state index contributed by atoms with van der Waals surface area (Å²) in [4.78, 5) is 30.5. The van der Waals surface area contributed by atoms with Gasteiger partial charge < -0.3 is 34.3 Å². The van der Waals surface area contributed by atoms with E-state index in [2.05, 4.69) is 35.0 Å². The van der Waals surface area contributed by atoms with Crippen LogP contribution in [0.5, 0.6) is 11.5 Å². The van der Waals surface area contributed by atoms with Crippen molar-refractivity contribution in [2.24, 2.45) is 0 Å². The Morgan fingerprint density at radius 2 is 1.79 bits per heavy atom. The van der Waals surface area contributed by atoms with E-state index in [9.17, 15) is 13.2 Å². The number of hydrogen-bond acceptors (Lipinski definition) is 11. The number of carbonyl (C=O) groups is 1. The Morgan fingerprint density at radius 1 is 1.04 bits per heavy atom. The number of anilines is 2. The van der Waals surface area contributed by atoms with Gasteiger partial charge in [-0.25, -0.2) is 23.1 Å². The molecule has 2 aliphatic heterocycles. The number of aromatic amines is 1. The van der Waals surface area contributed by atoms with E-state index in [1.54, 1.807) is 25.6 Å². The van der Waals surface area contributed by atoms with E-state index in [0.29, 0.717) is 55.1 Å². The number of sulfonamides is 1. The predicted octanol–water partition coefficient (Wildman–Crippen LogP) is 2.56. The lowest BCUT2D eigenvalue weighted by Gasteiger charge is -2.37. The third kappa shape index (κ3) is 7.51. The number of nitrogens with one attached hydrogen (secondary N) is 3. The maximum absolute atomic E-state index is 12.2. The van der Waals surface area contributed by atoms with Gasteiger partial charge in [0, 0.05) is 69.9 Å². The number of thiocarbonyl (C=S) groups is 1. The second-order valence-corrected chi connectivity index (χ2v) is 13.4. The molecule has 0 saturated carbocycles. The third-order valence-electron chi connectivity index (χ3n) is 8.19. The van der Waals surface area contributed by atoms with Crippen molar-refractivity contribution in [3.05, 3.63) is 42.7 Å². The number of piperazine rings is 1. The van der Waals surface area contributed by atoms with E-state index in [1.165, 1.54) is 12.1 Å². The second kappa shape index (κ2) is 14.3. The van der Waals surface area contributed by atoms with Crippen LogP contribution in [0, 0.1) is 0 Å². The van der Waals surface area contributed by atoms with Gasteiger partial charge in [-0.2, -0.15) is 0 Å². The highest BCUT2D eigenvalue weighted by Crippen LogP contribution is 2.38. The molecule has 14 nitrogen and oxygen atoms in total. The molecule has 2 aromatic carbocycles. The van der Waals surface area contributed by atoms with Crippen LogP contribution in [0.25, 0.3) is 21.9 Å². The van der Waals surface area contributed by atoms with Crippen molar-refractivity contribution >= 4 is 66.7 Å². The van der Waals surface area contributed by atoms with Crippen molar-refractivity contribution < 1.29 is 27.4 Å². The Morgan fingerprint density at radius 3 is 2.49 bits per heavy atom. The number of benzene rings is 2. The van der Waals surface area contributed by atoms with Crippen LogP contribution in [0.15, 0.2) is 47.6 Å². The molecule has 2 aromatic heterocycles. The topological polar surface area (TPSA) is 154 Å². The molecule has 4 aromatic rings. The van der Waals surface area contributed by atoms with Crippen molar-refractivity contribution in [3.63, 3.8) is 0 Å². The fraction of sp³-hybridized carbons (Fsp3) is 0.419. The summed E-state index contributed by atoms with van der Waals surface area (Å²) in [7, 11) is -2.26. The number of hydrogen-bond donors (Lipinski definition) is 3. The quantitative estimate of drug-likeness (QED) is 0.166. The van der Waals surface area contributed by atoms with Crippen LogP contribution in [0.1, 0.15) is 13.3 Å². The minimum Gasteiger partial charge on any atom is -0.493 e. The van der Waals surface area contributed by atoms with Gasteiger partial charge in [-0.1, -0.05) is 0 Å². The number of nitrogens with zero attached hydrogens (tertiary/aromatic N) is 5. The van der Waals surface area contributed by atoms with E-state index in [1.807, 2.05) is 16.9 Å². The van der Waals surface area contributed by atoms with Crippen LogP contribution < -0.4 is 24.4 Å². The summed E-state index contributed by atoms with van der Waals surface area (Å²) in [6.45, 7) is 8.84. The van der Waals surface area contributed by atoms with E-state index in [0.717, 1.165) is 73.9 Å². The number of methoxy groups -OCH3 is 1. The van der Waals surface area contributed by atoms with Crippen molar-refractivity contribution in [1.82, 2.24) is 29.5 Å². The number of rotatable bonds is 10. The number of ether oxygens (including phenoxy) is 3. The highest BCUT2D eigenvalue weighted by Gasteiger charge is 2.24. The van der Waals surface area contributed by atoms with Crippen LogP contribution in [-0.4, -0.2) is 117 Å². The summed E-state index contributed by atoms with van der Waals surface area (Å²) in [5, 5.41) is 5.59. The molecule has 0 atom stereocenters. The van der Waals surface area contributed by atoms with Crippen LogP contribution in [0.2, 0.25) is 0 Å². The summed E-state index contributed by atoms with van der Waals surface area (Å²) >= 11 is 5.67. The monoisotopic (exact) mass is 682 g/mol. The average Bonchev–Trinajstić information content (AvgIpc) is 3.44. The van der Waals surface area contributed by atoms with Gasteiger partial charge in [0.15, 0.2) is 16.6 Å². The molecule has 1 amide bonds. The van der Waals surface area contributed by atoms with Gasteiger partial charge in [0.1, 0.15) is 17.8 Å². The molecule has 0 unspecified atom stereocenters. The Bertz CT molecular complexity index is 1850. The smallest absolute Gasteiger partial charge is 0.264 e. The van der Waals surface area contributed by atoms with Gasteiger partial charge >= 0.3 is 0 Å². The SMILES string of the molecule is COc1cc2c(cc1OCCCN1CCOCC1)[nH]c1ncnc(N3CCN(C(=S)Nc4ccc(S(=O)(=O)NC(C)=O)cc4)CC3)c12. The third-order valence-corrected chi connectivity index (χ3v) is 10.0. The summed E-state index contributed by atoms with van der Waals surface area (Å²) in [5.41, 5.74) is 2.27. The molecule has 0 bridgehead atoms. The Hall–Kier alpha value is -4.25. The minimum absolute atomic E-state index is 0.00733. The number of carbonyl (C=O) groups excluding carboxylic acids is 1. The molecule has 3 N–H and O–H groups in total. The van der Waals surface area contributed by atoms with Gasteiger partial charge in [-0.15, -0.1) is 0 Å². The molecule has 0 aliphatic carbocycles. The van der Waals surface area contributed by atoms with Crippen molar-refractivity contribution in [1.29, 1.82) is 0 Å². The number of aromatic nitrogens is 3. The van der Waals surface area contributed by atoms with E-state index < -0.39 is 15.9 Å². The van der Waals surface area contributed by atoms with Gasteiger partial charge in [-0.3, -0.25) is 9.69 Å². The van der Waals surface area contributed by atoms with E-state index >= 15 is 0 Å². The molecular weight excluding hydrogens is 645 g/mol. The van der Waals surface area contributed by atoms with Crippen molar-refractivity contribution in [2.45, 2.75) is 18.2 Å². The van der Waals surface area contributed by atoms with Gasteiger partial charge in [-0.05, 0) is 49.0 Å². The van der Waals surface area contributed by atoms with Gasteiger partial charge in [0.2, 0.25) is 5.91 Å². The molecule has 0 radical (unpaired) electrons. The van der Waals surface area contributed by atoms with Crippen molar-refractivity contribution in [3.8, 4) is 11.5 Å². The van der Waals surface area contributed by atoms with Gasteiger partial charge in [0.25, 0.3) is 10.0 Å². The fourth-order valence-corrected chi connectivity index (χ4v) is 7.10. The zero-order valence-electron chi connectivity index (χ0n) is 26.3. The summed E-state index contributed by atoms with van der Waals surface area (Å²) in [6, 6.07) is 10.0. The lowest BCUT2D eigenvalue weighted by atomic mass is 10.1. The fourth-order valence-electron chi connectivity index (χ4n) is 5.81. The Labute approximate surface area is 278 Å². The number of amides is 1. The van der Waals surface area contributed by atoms with Crippen molar-refractivity contribution in [2.75, 3.05) is 83.0 Å². The number of fused-ring (bicyclic) bond motifs is 3. The molecule has 4 heterocycles. The molecule has 2 fully saturated rings. The van der Waals surface area contributed by atoms with Gasteiger partial charge in [0.05, 0.1) is 42.7 Å². The summed E-state index contributed by atoms with van der Waals surface area (Å²) in [5.74, 6) is 1.52. The highest BCUT2D eigenvalue weighted by atomic mass is 32.2. The molecule has 250 valence electrons. The van der Waals surface area contributed by atoms with E-state index in [4.69, 9.17) is 26.4 Å². The second-order valence-electron chi connectivity index (χ2n) is 11.3. The molecule has 6 rings (SSSR count). The largest absolute Gasteiger partial charge is 0.493 e. The lowest BCUT2D eigenvalue weighted by Crippen LogP contribution is -2.50. The van der Waals surface area contributed by atoms with Crippen LogP contribution in [-0.2, 0) is 19.6 Å². The standard InChI is InChI=1S/C31H38N8O6S2/c1-21(40)36-47(41,42)23-6-4-22(5-7-23)34-31(46)39-11-9-38(10-12-39)30-28-24-18-26(43-2)27(19-25(24)35-29(28)32-20-33-30)45-15-3-8-37-13-16-44-17-14-37/h4-7,18-20H,3,8-17H2,1-2H3,(H,34,46)(H,36,40)(H,32,33,35). The number of morpholine rings is 1. The zero-order valence-corrected chi connectivity index (χ0v) is 28.0. The number of H-pyrrole nitrogens is 1. The maximum Gasteiger partial charge on any atom is 0.264 e. The first-order valence-electron chi connectivity index (χ1n) is 15.4. The summed E-state index contributed by atoms with van der Waals surface area (Å²) in [6.07, 6.45) is 2.48. The van der Waals surface area contributed by atoms with Crippen LogP contribution in [0.3, 0.4) is 0 Å². The molecular formula is C31H38N8O6S2. The van der Waals surface area contributed by atoms with Crippen LogP contribution >= 0.6 is 12.2 Å². The minimum atomic E-state index is -3.90. The molecule has 16 heteroatoms. The molecule has 0 spiro atoms. The van der Waals surface area contributed by atoms with Crippen LogP contribution in [0.4, 0.5) is 11.5 Å². The molecule has 47 heavy (non-hydrogen) atoms. The first-order chi connectivity index (χ1) is 22.7. The highest BCUT2D eigenvalue weighted by molar-refractivity contribution is 7.90. The summed E-state index contributed by atoms with van der Waals surface area (Å²) < 4.78 is 43.8. The predicted molar refractivity (Wildman–Crippen MR) is 183 cm³/mol. The molecule has 2 saturated heterocycles.